The summed E-state index contributed by atoms with van der Waals surface area (Å²) in [5.41, 5.74) is 9.49. The quantitative estimate of drug-likeness (QED) is 0.858. The maximum atomic E-state index is 5.79. The Morgan fingerprint density at radius 3 is 2.71 bits per heavy atom. The van der Waals surface area contributed by atoms with Crippen LogP contribution in [0.2, 0.25) is 0 Å². The lowest BCUT2D eigenvalue weighted by atomic mass is 10.0. The Hall–Kier alpha value is -0.600. The van der Waals surface area contributed by atoms with E-state index in [0.717, 1.165) is 4.47 Å². The van der Waals surface area contributed by atoms with Gasteiger partial charge in [0.15, 0.2) is 0 Å². The van der Waals surface area contributed by atoms with Crippen molar-refractivity contribution in [3.63, 3.8) is 0 Å². The van der Waals surface area contributed by atoms with E-state index in [1.54, 1.807) is 0 Å². The standard InChI is InChI=1S/C12H16BrN/c1-8-4-5-12(13)7-11(8)6-9(2)10(3)14/h4-7,10H,14H2,1-3H3/b9-6+. The highest BCUT2D eigenvalue weighted by Gasteiger charge is 2.00. The number of benzene rings is 1. The molecule has 1 aromatic rings. The summed E-state index contributed by atoms with van der Waals surface area (Å²) in [5, 5.41) is 0. The lowest BCUT2D eigenvalue weighted by Crippen LogP contribution is -2.15. The summed E-state index contributed by atoms with van der Waals surface area (Å²) >= 11 is 3.46. The van der Waals surface area contributed by atoms with Gasteiger partial charge in [0.2, 0.25) is 0 Å². The van der Waals surface area contributed by atoms with Gasteiger partial charge in [-0.25, -0.2) is 0 Å². The molecule has 1 rings (SSSR count). The molecule has 0 saturated heterocycles. The van der Waals surface area contributed by atoms with E-state index in [2.05, 4.69) is 48.0 Å². The molecule has 0 heterocycles. The maximum absolute atomic E-state index is 5.79. The first-order chi connectivity index (χ1) is 6.50. The first-order valence-electron chi connectivity index (χ1n) is 4.70. The fourth-order valence-electron chi connectivity index (χ4n) is 1.14. The van der Waals surface area contributed by atoms with Crippen LogP contribution in [0.25, 0.3) is 6.08 Å². The van der Waals surface area contributed by atoms with Crippen molar-refractivity contribution in [2.45, 2.75) is 26.8 Å². The van der Waals surface area contributed by atoms with Gasteiger partial charge in [0.1, 0.15) is 0 Å². The molecule has 1 unspecified atom stereocenters. The minimum atomic E-state index is 0.119. The van der Waals surface area contributed by atoms with E-state index < -0.39 is 0 Å². The van der Waals surface area contributed by atoms with E-state index in [-0.39, 0.29) is 6.04 Å². The first-order valence-corrected chi connectivity index (χ1v) is 5.50. The lowest BCUT2D eigenvalue weighted by molar-refractivity contribution is 0.868. The highest BCUT2D eigenvalue weighted by molar-refractivity contribution is 9.10. The van der Waals surface area contributed by atoms with Gasteiger partial charge in [0.25, 0.3) is 0 Å². The number of nitrogens with two attached hydrogens (primary N) is 1. The van der Waals surface area contributed by atoms with Gasteiger partial charge in [-0.15, -0.1) is 0 Å². The molecule has 1 nitrogen and oxygen atoms in total. The van der Waals surface area contributed by atoms with Gasteiger partial charge in [-0.2, -0.15) is 0 Å². The Morgan fingerprint density at radius 1 is 1.50 bits per heavy atom. The smallest absolute Gasteiger partial charge is 0.0225 e. The van der Waals surface area contributed by atoms with Crippen LogP contribution in [0, 0.1) is 6.92 Å². The Bertz CT molecular complexity index is 353. The zero-order valence-corrected chi connectivity index (χ0v) is 10.4. The van der Waals surface area contributed by atoms with E-state index >= 15 is 0 Å². The second kappa shape index (κ2) is 4.76. The highest BCUT2D eigenvalue weighted by Crippen LogP contribution is 2.19. The van der Waals surface area contributed by atoms with Crippen molar-refractivity contribution in [2.24, 2.45) is 5.73 Å². The minimum absolute atomic E-state index is 0.119. The molecule has 0 bridgehead atoms. The normalized spacial score (nSPS) is 14.2. The van der Waals surface area contributed by atoms with E-state index in [4.69, 9.17) is 5.73 Å². The molecule has 0 saturated carbocycles. The van der Waals surface area contributed by atoms with Crippen LogP contribution in [0.15, 0.2) is 28.2 Å². The molecule has 0 fully saturated rings. The van der Waals surface area contributed by atoms with Crippen LogP contribution in [0.3, 0.4) is 0 Å². The predicted octanol–water partition coefficient (Wildman–Crippen LogP) is 3.51. The molecular weight excluding hydrogens is 238 g/mol. The number of hydrogen-bond acceptors (Lipinski definition) is 1. The molecule has 76 valence electrons. The van der Waals surface area contributed by atoms with Crippen molar-refractivity contribution in [1.29, 1.82) is 0 Å². The summed E-state index contributed by atoms with van der Waals surface area (Å²) in [5.74, 6) is 0. The molecule has 0 amide bonds. The van der Waals surface area contributed by atoms with Gasteiger partial charge in [0, 0.05) is 10.5 Å². The SMILES string of the molecule is C/C(=C\c1cc(Br)ccc1C)C(C)N. The van der Waals surface area contributed by atoms with Crippen LogP contribution >= 0.6 is 15.9 Å². The fourth-order valence-corrected chi connectivity index (χ4v) is 1.52. The van der Waals surface area contributed by atoms with Crippen molar-refractivity contribution in [3.05, 3.63) is 39.4 Å². The van der Waals surface area contributed by atoms with E-state index in [1.807, 2.05) is 13.0 Å². The molecule has 0 spiro atoms. The van der Waals surface area contributed by atoms with Crippen LogP contribution < -0.4 is 5.73 Å². The maximum Gasteiger partial charge on any atom is 0.0225 e. The summed E-state index contributed by atoms with van der Waals surface area (Å²) in [6.07, 6.45) is 2.14. The molecule has 0 aromatic heterocycles. The minimum Gasteiger partial charge on any atom is -0.324 e. The Kier molecular flexibility index (Phi) is 3.90. The third-order valence-corrected chi connectivity index (χ3v) is 2.84. The van der Waals surface area contributed by atoms with Crippen molar-refractivity contribution in [3.8, 4) is 0 Å². The summed E-state index contributed by atoms with van der Waals surface area (Å²) in [6.45, 7) is 6.16. The fraction of sp³-hybridized carbons (Fsp3) is 0.333. The monoisotopic (exact) mass is 253 g/mol. The molecule has 14 heavy (non-hydrogen) atoms. The van der Waals surface area contributed by atoms with Crippen LogP contribution in [0.4, 0.5) is 0 Å². The molecule has 0 aliphatic rings. The summed E-state index contributed by atoms with van der Waals surface area (Å²) in [6, 6.07) is 6.38. The largest absolute Gasteiger partial charge is 0.324 e. The number of rotatable bonds is 2. The summed E-state index contributed by atoms with van der Waals surface area (Å²) < 4.78 is 1.10. The Labute approximate surface area is 94.1 Å². The Balaban J connectivity index is 3.07. The third-order valence-electron chi connectivity index (χ3n) is 2.34. The number of halogens is 1. The lowest BCUT2D eigenvalue weighted by Gasteiger charge is -2.07. The zero-order valence-electron chi connectivity index (χ0n) is 8.84. The van der Waals surface area contributed by atoms with Crippen LogP contribution in [0.5, 0.6) is 0 Å². The van der Waals surface area contributed by atoms with E-state index in [0.29, 0.717) is 0 Å². The van der Waals surface area contributed by atoms with Crippen LogP contribution in [-0.4, -0.2) is 6.04 Å². The van der Waals surface area contributed by atoms with Crippen molar-refractivity contribution in [1.82, 2.24) is 0 Å². The molecule has 2 heteroatoms. The van der Waals surface area contributed by atoms with Gasteiger partial charge in [-0.1, -0.05) is 33.6 Å². The second-order valence-corrected chi connectivity index (χ2v) is 4.59. The zero-order chi connectivity index (χ0) is 10.7. The highest BCUT2D eigenvalue weighted by atomic mass is 79.9. The topological polar surface area (TPSA) is 26.0 Å². The molecule has 1 atom stereocenters. The average molecular weight is 254 g/mol. The number of hydrogen-bond donors (Lipinski definition) is 1. The van der Waals surface area contributed by atoms with Gasteiger partial charge in [-0.3, -0.25) is 0 Å². The summed E-state index contributed by atoms with van der Waals surface area (Å²) in [7, 11) is 0. The molecule has 0 radical (unpaired) electrons. The van der Waals surface area contributed by atoms with E-state index in [1.165, 1.54) is 16.7 Å². The molecule has 0 aliphatic carbocycles. The van der Waals surface area contributed by atoms with Crippen molar-refractivity contribution >= 4 is 22.0 Å². The van der Waals surface area contributed by atoms with Gasteiger partial charge in [-0.05, 0) is 44.0 Å². The summed E-state index contributed by atoms with van der Waals surface area (Å²) in [4.78, 5) is 0. The Morgan fingerprint density at radius 2 is 2.14 bits per heavy atom. The third kappa shape index (κ3) is 2.96. The molecular formula is C12H16BrN. The molecule has 2 N–H and O–H groups in total. The van der Waals surface area contributed by atoms with Gasteiger partial charge in [0.05, 0.1) is 0 Å². The van der Waals surface area contributed by atoms with Gasteiger partial charge >= 0.3 is 0 Å². The van der Waals surface area contributed by atoms with Gasteiger partial charge < -0.3 is 5.73 Å². The van der Waals surface area contributed by atoms with E-state index in [9.17, 15) is 0 Å². The average Bonchev–Trinajstić information content (AvgIpc) is 2.11. The first kappa shape index (κ1) is 11.5. The van der Waals surface area contributed by atoms with Crippen molar-refractivity contribution in [2.75, 3.05) is 0 Å². The molecule has 1 aromatic carbocycles. The molecule has 0 aliphatic heterocycles. The van der Waals surface area contributed by atoms with Crippen LogP contribution in [-0.2, 0) is 0 Å². The second-order valence-electron chi connectivity index (χ2n) is 3.68. The predicted molar refractivity (Wildman–Crippen MR) is 66.2 cm³/mol. The van der Waals surface area contributed by atoms with Crippen LogP contribution in [0.1, 0.15) is 25.0 Å². The number of aryl methyl sites for hydroxylation is 1. The van der Waals surface area contributed by atoms with Crippen molar-refractivity contribution < 1.29 is 0 Å².